The molecule has 0 saturated heterocycles. The van der Waals surface area contributed by atoms with Crippen LogP contribution in [0.1, 0.15) is 58.5 Å². The van der Waals surface area contributed by atoms with Gasteiger partial charge in [0.05, 0.1) is 0 Å². The van der Waals surface area contributed by atoms with Gasteiger partial charge in [0, 0.05) is 42.3 Å². The van der Waals surface area contributed by atoms with E-state index < -0.39 is 5.82 Å². The maximum absolute atomic E-state index is 14.6. The first-order valence-electron chi connectivity index (χ1n) is 10.3. The van der Waals surface area contributed by atoms with Crippen molar-refractivity contribution in [1.82, 2.24) is 10.2 Å². The van der Waals surface area contributed by atoms with Crippen molar-refractivity contribution in [3.8, 4) is 11.1 Å². The second-order valence-corrected chi connectivity index (χ2v) is 9.23. The molecule has 2 aromatic carbocycles. The van der Waals surface area contributed by atoms with E-state index in [4.69, 9.17) is 0 Å². The maximum atomic E-state index is 14.6. The molecule has 0 unspecified atom stereocenters. The molecule has 1 heterocycles. The van der Waals surface area contributed by atoms with Gasteiger partial charge in [0.15, 0.2) is 0 Å². The van der Waals surface area contributed by atoms with Crippen molar-refractivity contribution in [2.45, 2.75) is 46.2 Å². The Hall–Kier alpha value is -2.73. The van der Waals surface area contributed by atoms with Crippen LogP contribution in [0.4, 0.5) is 4.39 Å². The smallest absolute Gasteiger partial charge is 0.254 e. The molecule has 2 N–H and O–H groups in total. The molecule has 2 aromatic rings. The Bertz CT molecular complexity index is 1030. The van der Waals surface area contributed by atoms with E-state index in [9.17, 15) is 19.1 Å². The average Bonchev–Trinajstić information content (AvgIpc) is 3.47. The Labute approximate surface area is 175 Å². The van der Waals surface area contributed by atoms with Gasteiger partial charge in [-0.05, 0) is 66.3 Å². The molecule has 30 heavy (non-hydrogen) atoms. The Morgan fingerprint density at radius 3 is 2.63 bits per heavy atom. The van der Waals surface area contributed by atoms with E-state index >= 15 is 0 Å². The fourth-order valence-corrected chi connectivity index (χ4v) is 3.85. The minimum absolute atomic E-state index is 0.00738. The van der Waals surface area contributed by atoms with E-state index in [0.29, 0.717) is 35.3 Å². The molecule has 1 fully saturated rings. The zero-order chi connectivity index (χ0) is 21.6. The summed E-state index contributed by atoms with van der Waals surface area (Å²) in [5, 5.41) is 12.4. The SMILES string of the molecule is Cc1c(F)cc(C(=O)NC2CC2)cc1-c1ccc2c(c1)CN(CC(C)(C)CO)C2=O. The van der Waals surface area contributed by atoms with Crippen LogP contribution >= 0.6 is 0 Å². The maximum Gasteiger partial charge on any atom is 0.254 e. The van der Waals surface area contributed by atoms with Gasteiger partial charge in [0.2, 0.25) is 0 Å². The molecule has 6 heteroatoms. The molecule has 1 aliphatic carbocycles. The van der Waals surface area contributed by atoms with Crippen molar-refractivity contribution in [1.29, 1.82) is 0 Å². The van der Waals surface area contributed by atoms with Crippen molar-refractivity contribution in [2.24, 2.45) is 5.41 Å². The van der Waals surface area contributed by atoms with Crippen molar-refractivity contribution < 1.29 is 19.1 Å². The first-order chi connectivity index (χ1) is 14.2. The largest absolute Gasteiger partial charge is 0.396 e. The third-order valence-electron chi connectivity index (χ3n) is 5.86. The standard InChI is InChI=1S/C24H27FN2O3/c1-14-20(9-16(10-21(14)25)22(29)26-18-5-6-18)15-4-7-19-17(8-15)11-27(23(19)30)12-24(2,3)13-28/h4,7-10,18,28H,5-6,11-13H2,1-3H3,(H,26,29). The van der Waals surface area contributed by atoms with Crippen LogP contribution in [-0.2, 0) is 6.54 Å². The Balaban J connectivity index is 1.64. The van der Waals surface area contributed by atoms with E-state index in [1.165, 1.54) is 6.07 Å². The first kappa shape index (κ1) is 20.5. The number of aliphatic hydroxyl groups is 1. The lowest BCUT2D eigenvalue weighted by atomic mass is 9.94. The van der Waals surface area contributed by atoms with Crippen molar-refractivity contribution in [3.63, 3.8) is 0 Å². The molecule has 1 saturated carbocycles. The number of carbonyl (C=O) groups excluding carboxylic acids is 2. The van der Waals surface area contributed by atoms with Crippen LogP contribution in [0.2, 0.25) is 0 Å². The van der Waals surface area contributed by atoms with Gasteiger partial charge in [-0.15, -0.1) is 0 Å². The number of hydrogen-bond acceptors (Lipinski definition) is 3. The van der Waals surface area contributed by atoms with Crippen LogP contribution in [0.5, 0.6) is 0 Å². The molecule has 2 aliphatic rings. The summed E-state index contributed by atoms with van der Waals surface area (Å²) < 4.78 is 14.6. The Morgan fingerprint density at radius 1 is 1.23 bits per heavy atom. The molecule has 5 nitrogen and oxygen atoms in total. The number of rotatable bonds is 6. The molecular weight excluding hydrogens is 383 g/mol. The van der Waals surface area contributed by atoms with Crippen LogP contribution < -0.4 is 5.32 Å². The summed E-state index contributed by atoms with van der Waals surface area (Å²) in [6.45, 7) is 6.43. The number of hydrogen-bond donors (Lipinski definition) is 2. The van der Waals surface area contributed by atoms with Gasteiger partial charge in [0.1, 0.15) is 5.82 Å². The molecule has 0 bridgehead atoms. The summed E-state index contributed by atoms with van der Waals surface area (Å²) in [6, 6.07) is 8.69. The number of halogens is 1. The van der Waals surface area contributed by atoms with Gasteiger partial charge in [0.25, 0.3) is 11.8 Å². The molecule has 0 atom stereocenters. The zero-order valence-corrected chi connectivity index (χ0v) is 17.6. The number of nitrogens with zero attached hydrogens (tertiary/aromatic N) is 1. The fourth-order valence-electron chi connectivity index (χ4n) is 3.85. The molecule has 2 amide bonds. The fraction of sp³-hybridized carbons (Fsp3) is 0.417. The van der Waals surface area contributed by atoms with Crippen molar-refractivity contribution >= 4 is 11.8 Å². The molecular formula is C24H27FN2O3. The van der Waals surface area contributed by atoms with E-state index in [0.717, 1.165) is 24.0 Å². The highest BCUT2D eigenvalue weighted by atomic mass is 19.1. The van der Waals surface area contributed by atoms with Crippen LogP contribution in [0.3, 0.4) is 0 Å². The highest BCUT2D eigenvalue weighted by Crippen LogP contribution is 2.33. The topological polar surface area (TPSA) is 69.6 Å². The summed E-state index contributed by atoms with van der Waals surface area (Å²) in [5.41, 5.74) is 3.34. The number of nitrogens with one attached hydrogen (secondary N) is 1. The normalized spacial score (nSPS) is 16.0. The minimum Gasteiger partial charge on any atom is -0.396 e. The van der Waals surface area contributed by atoms with Crippen LogP contribution in [-0.4, -0.2) is 41.0 Å². The molecule has 0 aromatic heterocycles. The van der Waals surface area contributed by atoms with Crippen LogP contribution in [0.15, 0.2) is 30.3 Å². The third kappa shape index (κ3) is 3.97. The van der Waals surface area contributed by atoms with Gasteiger partial charge in [-0.1, -0.05) is 19.9 Å². The van der Waals surface area contributed by atoms with Gasteiger partial charge >= 0.3 is 0 Å². The van der Waals surface area contributed by atoms with E-state index in [1.54, 1.807) is 24.0 Å². The number of fused-ring (bicyclic) bond motifs is 1. The second-order valence-electron chi connectivity index (χ2n) is 9.23. The first-order valence-corrected chi connectivity index (χ1v) is 10.3. The molecule has 0 radical (unpaired) electrons. The monoisotopic (exact) mass is 410 g/mol. The van der Waals surface area contributed by atoms with E-state index in [1.807, 2.05) is 26.0 Å². The summed E-state index contributed by atoms with van der Waals surface area (Å²) in [7, 11) is 0. The van der Waals surface area contributed by atoms with Crippen LogP contribution in [0, 0.1) is 18.2 Å². The molecule has 4 rings (SSSR count). The molecule has 158 valence electrons. The predicted molar refractivity (Wildman–Crippen MR) is 113 cm³/mol. The second kappa shape index (κ2) is 7.51. The van der Waals surface area contributed by atoms with Gasteiger partial charge in [-0.25, -0.2) is 4.39 Å². The minimum atomic E-state index is -0.420. The number of aliphatic hydroxyl groups excluding tert-OH is 1. The Morgan fingerprint density at radius 2 is 1.97 bits per heavy atom. The lowest BCUT2D eigenvalue weighted by Gasteiger charge is -2.28. The molecule has 1 aliphatic heterocycles. The number of amides is 2. The summed E-state index contributed by atoms with van der Waals surface area (Å²) in [6.07, 6.45) is 1.94. The average molecular weight is 410 g/mol. The lowest BCUT2D eigenvalue weighted by Crippen LogP contribution is -2.36. The van der Waals surface area contributed by atoms with Gasteiger partial charge in [-0.3, -0.25) is 9.59 Å². The van der Waals surface area contributed by atoms with Crippen LogP contribution in [0.25, 0.3) is 11.1 Å². The van der Waals surface area contributed by atoms with E-state index in [2.05, 4.69) is 5.32 Å². The quantitative estimate of drug-likeness (QED) is 0.764. The van der Waals surface area contributed by atoms with E-state index in [-0.39, 0.29) is 29.9 Å². The number of carbonyl (C=O) groups is 2. The highest BCUT2D eigenvalue weighted by Gasteiger charge is 2.32. The number of benzene rings is 2. The van der Waals surface area contributed by atoms with Gasteiger partial charge in [-0.2, -0.15) is 0 Å². The molecule has 0 spiro atoms. The summed E-state index contributed by atoms with van der Waals surface area (Å²) in [5.74, 6) is -0.735. The third-order valence-corrected chi connectivity index (χ3v) is 5.86. The zero-order valence-electron chi connectivity index (χ0n) is 17.6. The predicted octanol–water partition coefficient (Wildman–Crippen LogP) is 3.67. The van der Waals surface area contributed by atoms with Gasteiger partial charge < -0.3 is 15.3 Å². The Kier molecular flexibility index (Phi) is 5.14. The van der Waals surface area contributed by atoms with Crippen molar-refractivity contribution in [2.75, 3.05) is 13.2 Å². The summed E-state index contributed by atoms with van der Waals surface area (Å²) >= 11 is 0. The summed E-state index contributed by atoms with van der Waals surface area (Å²) in [4.78, 5) is 26.9. The van der Waals surface area contributed by atoms with Crippen molar-refractivity contribution in [3.05, 3.63) is 58.4 Å². The highest BCUT2D eigenvalue weighted by molar-refractivity contribution is 5.99. The lowest BCUT2D eigenvalue weighted by molar-refractivity contribution is 0.0625.